The van der Waals surface area contributed by atoms with Gasteiger partial charge in [0.2, 0.25) is 0 Å². The highest BCUT2D eigenvalue weighted by Crippen LogP contribution is 2.03. The van der Waals surface area contributed by atoms with Crippen molar-refractivity contribution in [2.75, 3.05) is 32.7 Å². The van der Waals surface area contributed by atoms with Crippen LogP contribution in [0.1, 0.15) is 27.2 Å². The molecule has 0 atom stereocenters. The Morgan fingerprint density at radius 2 is 2.13 bits per heavy atom. The molecule has 0 aliphatic carbocycles. The Morgan fingerprint density at radius 3 is 2.60 bits per heavy atom. The molecule has 0 aromatic carbocycles. The number of aliphatic imine (C=N–C) groups is 1. The molecule has 1 aliphatic rings. The Kier molecular flexibility index (Phi) is 5.47. The number of hydrogen-bond acceptors (Lipinski definition) is 2. The number of nitrogens with one attached hydrogen (secondary N) is 2. The fraction of sp³-hybridized carbons (Fsp3) is 0.909. The summed E-state index contributed by atoms with van der Waals surface area (Å²) < 4.78 is 0. The molecule has 2 N–H and O–H groups in total. The lowest BCUT2D eigenvalue weighted by Gasteiger charge is -2.29. The Balaban J connectivity index is 2.22. The minimum atomic E-state index is 0.437. The van der Waals surface area contributed by atoms with E-state index < -0.39 is 0 Å². The van der Waals surface area contributed by atoms with Crippen molar-refractivity contribution in [2.24, 2.45) is 4.99 Å². The molecule has 0 radical (unpaired) electrons. The molecule has 1 heterocycles. The molecule has 4 heteroatoms. The van der Waals surface area contributed by atoms with Gasteiger partial charge in [-0.2, -0.15) is 0 Å². The Hall–Kier alpha value is -0.770. The highest BCUT2D eigenvalue weighted by atomic mass is 15.2. The van der Waals surface area contributed by atoms with E-state index in [0.717, 1.165) is 25.6 Å². The molecule has 1 rings (SSSR count). The molecule has 0 unspecified atom stereocenters. The smallest absolute Gasteiger partial charge is 0.191 e. The molecule has 88 valence electrons. The lowest BCUT2D eigenvalue weighted by atomic mass is 10.2. The van der Waals surface area contributed by atoms with Crippen molar-refractivity contribution in [3.05, 3.63) is 0 Å². The molecule has 0 bridgehead atoms. The maximum absolute atomic E-state index is 4.53. The molecule has 0 saturated carbocycles. The topological polar surface area (TPSA) is 39.7 Å². The Labute approximate surface area is 93.1 Å². The zero-order chi connectivity index (χ0) is 11.1. The molecule has 15 heavy (non-hydrogen) atoms. The summed E-state index contributed by atoms with van der Waals surface area (Å²) in [6.07, 6.45) is 1.36. The third-order valence-electron chi connectivity index (χ3n) is 2.40. The van der Waals surface area contributed by atoms with Gasteiger partial charge in [-0.3, -0.25) is 4.99 Å². The SMILES string of the molecule is CCNC(=NCCN1CCC1)NC(C)C. The fourth-order valence-corrected chi connectivity index (χ4v) is 1.50. The highest BCUT2D eigenvalue weighted by molar-refractivity contribution is 5.79. The molecule has 1 aliphatic heterocycles. The van der Waals surface area contributed by atoms with Crippen LogP contribution in [0, 0.1) is 0 Å². The van der Waals surface area contributed by atoms with Crippen LogP contribution < -0.4 is 10.6 Å². The zero-order valence-electron chi connectivity index (χ0n) is 10.2. The fourth-order valence-electron chi connectivity index (χ4n) is 1.50. The van der Waals surface area contributed by atoms with Crippen molar-refractivity contribution < 1.29 is 0 Å². The molecule has 4 nitrogen and oxygen atoms in total. The first kappa shape index (κ1) is 12.3. The first-order valence-electron chi connectivity index (χ1n) is 5.99. The van der Waals surface area contributed by atoms with E-state index in [4.69, 9.17) is 0 Å². The van der Waals surface area contributed by atoms with E-state index in [1.807, 2.05) is 0 Å². The lowest BCUT2D eigenvalue weighted by Crippen LogP contribution is -2.42. The van der Waals surface area contributed by atoms with E-state index in [1.54, 1.807) is 0 Å². The van der Waals surface area contributed by atoms with Gasteiger partial charge in [-0.05, 0) is 40.3 Å². The summed E-state index contributed by atoms with van der Waals surface area (Å²) in [5.41, 5.74) is 0. The van der Waals surface area contributed by atoms with Crippen molar-refractivity contribution in [2.45, 2.75) is 33.2 Å². The predicted molar refractivity (Wildman–Crippen MR) is 65.3 cm³/mol. The van der Waals surface area contributed by atoms with E-state index in [0.29, 0.717) is 6.04 Å². The average molecular weight is 212 g/mol. The molecule has 1 saturated heterocycles. The van der Waals surface area contributed by atoms with Gasteiger partial charge in [-0.15, -0.1) is 0 Å². The summed E-state index contributed by atoms with van der Waals surface area (Å²) in [4.78, 5) is 6.96. The first-order valence-corrected chi connectivity index (χ1v) is 5.99. The molecular formula is C11H24N4. The molecular weight excluding hydrogens is 188 g/mol. The van der Waals surface area contributed by atoms with E-state index in [9.17, 15) is 0 Å². The Bertz CT molecular complexity index is 197. The summed E-state index contributed by atoms with van der Waals surface area (Å²) in [5, 5.41) is 6.55. The van der Waals surface area contributed by atoms with Crippen LogP contribution in [0.2, 0.25) is 0 Å². The molecule has 1 fully saturated rings. The average Bonchev–Trinajstić information content (AvgIpc) is 2.08. The van der Waals surface area contributed by atoms with Gasteiger partial charge in [-0.1, -0.05) is 0 Å². The minimum absolute atomic E-state index is 0.437. The van der Waals surface area contributed by atoms with Crippen LogP contribution in [-0.2, 0) is 0 Å². The van der Waals surface area contributed by atoms with Gasteiger partial charge in [0.25, 0.3) is 0 Å². The van der Waals surface area contributed by atoms with Gasteiger partial charge < -0.3 is 15.5 Å². The second-order valence-electron chi connectivity index (χ2n) is 4.25. The van der Waals surface area contributed by atoms with Crippen LogP contribution in [0.4, 0.5) is 0 Å². The first-order chi connectivity index (χ1) is 7.22. The van der Waals surface area contributed by atoms with Crippen LogP contribution in [0.25, 0.3) is 0 Å². The van der Waals surface area contributed by atoms with Gasteiger partial charge in [0.1, 0.15) is 0 Å². The predicted octanol–water partition coefficient (Wildman–Crippen LogP) is 0.656. The van der Waals surface area contributed by atoms with Crippen LogP contribution in [-0.4, -0.2) is 49.6 Å². The monoisotopic (exact) mass is 212 g/mol. The van der Waals surface area contributed by atoms with E-state index in [2.05, 4.69) is 41.3 Å². The summed E-state index contributed by atoms with van der Waals surface area (Å²) >= 11 is 0. The second kappa shape index (κ2) is 6.67. The molecule has 0 spiro atoms. The van der Waals surface area contributed by atoms with Gasteiger partial charge in [0.15, 0.2) is 5.96 Å². The van der Waals surface area contributed by atoms with Crippen molar-refractivity contribution in [1.82, 2.24) is 15.5 Å². The van der Waals surface area contributed by atoms with Gasteiger partial charge in [0.05, 0.1) is 6.54 Å². The number of likely N-dealkylation sites (tertiary alicyclic amines) is 1. The molecule has 0 aromatic rings. The second-order valence-corrected chi connectivity index (χ2v) is 4.25. The number of hydrogen-bond donors (Lipinski definition) is 2. The van der Waals surface area contributed by atoms with Crippen LogP contribution >= 0.6 is 0 Å². The lowest BCUT2D eigenvalue weighted by molar-refractivity contribution is 0.187. The molecule has 0 aromatic heterocycles. The third kappa shape index (κ3) is 5.02. The van der Waals surface area contributed by atoms with E-state index in [1.165, 1.54) is 19.5 Å². The number of rotatable bonds is 5. The Morgan fingerprint density at radius 1 is 1.40 bits per heavy atom. The summed E-state index contributed by atoms with van der Waals surface area (Å²) in [5.74, 6) is 0.938. The number of guanidine groups is 1. The van der Waals surface area contributed by atoms with Crippen molar-refractivity contribution in [1.29, 1.82) is 0 Å². The van der Waals surface area contributed by atoms with Gasteiger partial charge >= 0.3 is 0 Å². The highest BCUT2D eigenvalue weighted by Gasteiger charge is 2.12. The maximum Gasteiger partial charge on any atom is 0.191 e. The summed E-state index contributed by atoms with van der Waals surface area (Å²) in [7, 11) is 0. The maximum atomic E-state index is 4.53. The summed E-state index contributed by atoms with van der Waals surface area (Å²) in [6.45, 7) is 11.8. The standard InChI is InChI=1S/C11H24N4/c1-4-12-11(14-10(2)3)13-6-9-15-7-5-8-15/h10H,4-9H2,1-3H3,(H2,12,13,14). The van der Waals surface area contributed by atoms with Gasteiger partial charge in [0, 0.05) is 19.1 Å². The normalized spacial score (nSPS) is 17.7. The van der Waals surface area contributed by atoms with Crippen molar-refractivity contribution in [3.63, 3.8) is 0 Å². The molecule has 0 amide bonds. The van der Waals surface area contributed by atoms with E-state index >= 15 is 0 Å². The quantitative estimate of drug-likeness (QED) is 0.519. The third-order valence-corrected chi connectivity index (χ3v) is 2.40. The van der Waals surface area contributed by atoms with Crippen LogP contribution in [0.5, 0.6) is 0 Å². The summed E-state index contributed by atoms with van der Waals surface area (Å²) in [6, 6.07) is 0.437. The van der Waals surface area contributed by atoms with Crippen LogP contribution in [0.15, 0.2) is 4.99 Å². The van der Waals surface area contributed by atoms with Crippen molar-refractivity contribution >= 4 is 5.96 Å². The number of nitrogens with zero attached hydrogens (tertiary/aromatic N) is 2. The largest absolute Gasteiger partial charge is 0.357 e. The minimum Gasteiger partial charge on any atom is -0.357 e. The van der Waals surface area contributed by atoms with E-state index in [-0.39, 0.29) is 0 Å². The van der Waals surface area contributed by atoms with Crippen LogP contribution in [0.3, 0.4) is 0 Å². The van der Waals surface area contributed by atoms with Gasteiger partial charge in [-0.25, -0.2) is 0 Å². The van der Waals surface area contributed by atoms with Crippen molar-refractivity contribution in [3.8, 4) is 0 Å². The zero-order valence-corrected chi connectivity index (χ0v) is 10.2.